The lowest BCUT2D eigenvalue weighted by Gasteiger charge is -2.16. The van der Waals surface area contributed by atoms with E-state index in [-0.39, 0.29) is 6.42 Å². The van der Waals surface area contributed by atoms with Crippen LogP contribution in [0, 0.1) is 0 Å². The Kier molecular flexibility index (Phi) is 5.45. The summed E-state index contributed by atoms with van der Waals surface area (Å²) in [6.45, 7) is 0.356. The van der Waals surface area contributed by atoms with Gasteiger partial charge in [-0.25, -0.2) is 0 Å². The number of aliphatic carboxylic acids is 1. The number of methoxy groups -OCH3 is 3. The van der Waals surface area contributed by atoms with Gasteiger partial charge in [0.25, 0.3) is 0 Å². The first-order chi connectivity index (χ1) is 8.63. The summed E-state index contributed by atoms with van der Waals surface area (Å²) in [5.74, 6) is 0.491. The molecule has 0 saturated carbocycles. The summed E-state index contributed by atoms with van der Waals surface area (Å²) in [4.78, 5) is 10.7. The van der Waals surface area contributed by atoms with Gasteiger partial charge in [-0.15, -0.1) is 0 Å². The molecule has 0 bridgehead atoms. The number of benzene rings is 1. The van der Waals surface area contributed by atoms with Gasteiger partial charge in [0.15, 0.2) is 0 Å². The lowest BCUT2D eigenvalue weighted by Crippen LogP contribution is -2.05. The van der Waals surface area contributed by atoms with Crippen molar-refractivity contribution < 1.29 is 24.1 Å². The van der Waals surface area contributed by atoms with Crippen molar-refractivity contribution in [1.29, 1.82) is 0 Å². The number of carboxylic acid groups (broad SMARTS) is 1. The number of carbonyl (C=O) groups is 1. The van der Waals surface area contributed by atoms with Crippen LogP contribution in [0.3, 0.4) is 0 Å². The number of hydrogen-bond donors (Lipinski definition) is 1. The highest BCUT2D eigenvalue weighted by Gasteiger charge is 2.15. The molecule has 1 aromatic carbocycles. The first-order valence-corrected chi connectivity index (χ1v) is 5.57. The zero-order valence-electron chi connectivity index (χ0n) is 10.9. The van der Waals surface area contributed by atoms with E-state index in [1.54, 1.807) is 33.5 Å². The van der Waals surface area contributed by atoms with Gasteiger partial charge in [-0.2, -0.15) is 0 Å². The van der Waals surface area contributed by atoms with Gasteiger partial charge in [0.1, 0.15) is 11.5 Å². The Morgan fingerprint density at radius 2 is 1.67 bits per heavy atom. The van der Waals surface area contributed by atoms with E-state index in [9.17, 15) is 4.79 Å². The Morgan fingerprint density at radius 3 is 2.11 bits per heavy atom. The topological polar surface area (TPSA) is 65.0 Å². The van der Waals surface area contributed by atoms with Crippen LogP contribution in [0.5, 0.6) is 11.5 Å². The van der Waals surface area contributed by atoms with Gasteiger partial charge in [-0.1, -0.05) is 0 Å². The molecule has 5 heteroatoms. The van der Waals surface area contributed by atoms with Crippen LogP contribution in [0.25, 0.3) is 0 Å². The molecule has 0 amide bonds. The lowest BCUT2D eigenvalue weighted by molar-refractivity contribution is -0.136. The molecule has 100 valence electrons. The summed E-state index contributed by atoms with van der Waals surface area (Å²) in [5.41, 5.74) is 1.65. The molecular formula is C13H18O5. The summed E-state index contributed by atoms with van der Waals surface area (Å²) in [6, 6.07) is 3.56. The van der Waals surface area contributed by atoms with Crippen LogP contribution in [-0.4, -0.2) is 32.4 Å². The summed E-state index contributed by atoms with van der Waals surface area (Å²) < 4.78 is 15.7. The highest BCUT2D eigenvalue weighted by Crippen LogP contribution is 2.32. The van der Waals surface area contributed by atoms with Gasteiger partial charge in [-0.3, -0.25) is 4.79 Å². The minimum absolute atomic E-state index is 0.0419. The quantitative estimate of drug-likeness (QED) is 0.804. The molecule has 0 aliphatic heterocycles. The van der Waals surface area contributed by atoms with E-state index in [2.05, 4.69) is 0 Å². The van der Waals surface area contributed by atoms with Crippen LogP contribution >= 0.6 is 0 Å². The summed E-state index contributed by atoms with van der Waals surface area (Å²) in [6.07, 6.45) is 0.425. The molecule has 0 radical (unpaired) electrons. The molecular weight excluding hydrogens is 236 g/mol. The maximum atomic E-state index is 10.7. The maximum absolute atomic E-state index is 10.7. The molecule has 0 aliphatic carbocycles. The van der Waals surface area contributed by atoms with Crippen molar-refractivity contribution in [2.75, 3.05) is 21.3 Å². The Balaban J connectivity index is 3.16. The van der Waals surface area contributed by atoms with E-state index in [0.29, 0.717) is 24.5 Å². The summed E-state index contributed by atoms with van der Waals surface area (Å²) in [5, 5.41) is 8.78. The fourth-order valence-corrected chi connectivity index (χ4v) is 1.84. The molecule has 1 N–H and O–H groups in total. The van der Waals surface area contributed by atoms with E-state index in [0.717, 1.165) is 11.1 Å². The SMILES string of the molecule is COCc1c(OC)ccc(OC)c1CCC(=O)O. The fraction of sp³-hybridized carbons (Fsp3) is 0.462. The molecule has 1 rings (SSSR count). The molecule has 1 aromatic rings. The average molecular weight is 254 g/mol. The molecule has 0 spiro atoms. The standard InChI is InChI=1S/C13H18O5/c1-16-8-10-9(4-7-13(14)15)11(17-2)5-6-12(10)18-3/h5-6H,4,7-8H2,1-3H3,(H,14,15). The predicted molar refractivity (Wildman–Crippen MR) is 66.2 cm³/mol. The third kappa shape index (κ3) is 3.37. The van der Waals surface area contributed by atoms with Crippen molar-refractivity contribution in [2.45, 2.75) is 19.4 Å². The molecule has 5 nitrogen and oxygen atoms in total. The monoisotopic (exact) mass is 254 g/mol. The summed E-state index contributed by atoms with van der Waals surface area (Å²) in [7, 11) is 4.71. The van der Waals surface area contributed by atoms with Crippen LogP contribution in [-0.2, 0) is 22.6 Å². The van der Waals surface area contributed by atoms with Crippen LogP contribution in [0.15, 0.2) is 12.1 Å². The molecule has 0 heterocycles. The highest BCUT2D eigenvalue weighted by molar-refractivity contribution is 5.67. The van der Waals surface area contributed by atoms with Gasteiger partial charge in [0.05, 0.1) is 20.8 Å². The van der Waals surface area contributed by atoms with Gasteiger partial charge < -0.3 is 19.3 Å². The minimum atomic E-state index is -0.844. The van der Waals surface area contributed by atoms with Gasteiger partial charge in [0, 0.05) is 24.7 Å². The molecule has 0 aliphatic rings. The highest BCUT2D eigenvalue weighted by atomic mass is 16.5. The van der Waals surface area contributed by atoms with Crippen LogP contribution in [0.2, 0.25) is 0 Å². The molecule has 0 fully saturated rings. The minimum Gasteiger partial charge on any atom is -0.496 e. The van der Waals surface area contributed by atoms with Crippen molar-refractivity contribution in [3.8, 4) is 11.5 Å². The average Bonchev–Trinajstić information content (AvgIpc) is 2.36. The summed E-state index contributed by atoms with van der Waals surface area (Å²) >= 11 is 0. The zero-order chi connectivity index (χ0) is 13.5. The van der Waals surface area contributed by atoms with Gasteiger partial charge >= 0.3 is 5.97 Å². The van der Waals surface area contributed by atoms with E-state index in [4.69, 9.17) is 19.3 Å². The van der Waals surface area contributed by atoms with Crippen LogP contribution < -0.4 is 9.47 Å². The first-order valence-electron chi connectivity index (χ1n) is 5.57. The number of ether oxygens (including phenoxy) is 3. The van der Waals surface area contributed by atoms with E-state index < -0.39 is 5.97 Å². The fourth-order valence-electron chi connectivity index (χ4n) is 1.84. The smallest absolute Gasteiger partial charge is 0.303 e. The Morgan fingerprint density at radius 1 is 1.11 bits per heavy atom. The van der Waals surface area contributed by atoms with E-state index >= 15 is 0 Å². The third-order valence-electron chi connectivity index (χ3n) is 2.66. The van der Waals surface area contributed by atoms with Crippen molar-refractivity contribution in [1.82, 2.24) is 0 Å². The normalized spacial score (nSPS) is 10.2. The second-order valence-corrected chi connectivity index (χ2v) is 3.75. The van der Waals surface area contributed by atoms with Gasteiger partial charge in [-0.05, 0) is 18.6 Å². The molecule has 0 aromatic heterocycles. The van der Waals surface area contributed by atoms with Crippen molar-refractivity contribution in [3.63, 3.8) is 0 Å². The van der Waals surface area contributed by atoms with E-state index in [1.165, 1.54) is 0 Å². The van der Waals surface area contributed by atoms with Crippen LogP contribution in [0.4, 0.5) is 0 Å². The van der Waals surface area contributed by atoms with E-state index in [1.807, 2.05) is 0 Å². The van der Waals surface area contributed by atoms with Crippen molar-refractivity contribution >= 4 is 5.97 Å². The Bertz CT molecular complexity index is 414. The second kappa shape index (κ2) is 6.86. The largest absolute Gasteiger partial charge is 0.496 e. The Hall–Kier alpha value is -1.75. The Labute approximate surface area is 106 Å². The molecule has 0 unspecified atom stereocenters. The predicted octanol–water partition coefficient (Wildman–Crippen LogP) is 1.87. The molecule has 0 atom stereocenters. The second-order valence-electron chi connectivity index (χ2n) is 3.75. The molecule has 0 saturated heterocycles. The van der Waals surface area contributed by atoms with Crippen molar-refractivity contribution in [3.05, 3.63) is 23.3 Å². The lowest BCUT2D eigenvalue weighted by atomic mass is 10.0. The third-order valence-corrected chi connectivity index (χ3v) is 2.66. The number of hydrogen-bond acceptors (Lipinski definition) is 4. The molecule has 18 heavy (non-hydrogen) atoms. The van der Waals surface area contributed by atoms with Gasteiger partial charge in [0.2, 0.25) is 0 Å². The zero-order valence-corrected chi connectivity index (χ0v) is 10.9. The number of rotatable bonds is 7. The maximum Gasteiger partial charge on any atom is 0.303 e. The van der Waals surface area contributed by atoms with Crippen LogP contribution in [0.1, 0.15) is 17.5 Å². The first kappa shape index (κ1) is 14.3. The van der Waals surface area contributed by atoms with Crippen molar-refractivity contribution in [2.24, 2.45) is 0 Å². The number of carboxylic acids is 1.